The van der Waals surface area contributed by atoms with Crippen LogP contribution in [-0.2, 0) is 20.9 Å². The average Bonchev–Trinajstić information content (AvgIpc) is 3.06. The molecule has 2 aliphatic rings. The van der Waals surface area contributed by atoms with Gasteiger partial charge in [-0.15, -0.1) is 6.58 Å². The van der Waals surface area contributed by atoms with Crippen LogP contribution in [0.2, 0.25) is 0 Å². The molecule has 4 nitrogen and oxygen atoms in total. The quantitative estimate of drug-likeness (QED) is 0.474. The van der Waals surface area contributed by atoms with Crippen LogP contribution in [0.25, 0.3) is 0 Å². The molecule has 1 aliphatic carbocycles. The van der Waals surface area contributed by atoms with E-state index in [-0.39, 0.29) is 17.4 Å². The minimum Gasteiger partial charge on any atom is -0.460 e. The van der Waals surface area contributed by atoms with Crippen LogP contribution in [0.4, 0.5) is 0 Å². The minimum absolute atomic E-state index is 0.138. The molecule has 3 rings (SSSR count). The molecular weight excluding hydrogens is 266 g/mol. The van der Waals surface area contributed by atoms with Crippen molar-refractivity contribution >= 4 is 5.97 Å². The maximum atomic E-state index is 12.1. The molecule has 1 heterocycles. The van der Waals surface area contributed by atoms with Gasteiger partial charge in [0, 0.05) is 11.5 Å². The van der Waals surface area contributed by atoms with Gasteiger partial charge in [0.05, 0.1) is 13.2 Å². The van der Waals surface area contributed by atoms with Crippen molar-refractivity contribution in [2.75, 3.05) is 13.2 Å². The molecule has 0 amide bonds. The molecule has 2 fully saturated rings. The van der Waals surface area contributed by atoms with Crippen LogP contribution in [0.5, 0.6) is 0 Å². The molecule has 1 saturated heterocycles. The van der Waals surface area contributed by atoms with Crippen LogP contribution in [0.15, 0.2) is 43.0 Å². The van der Waals surface area contributed by atoms with Crippen molar-refractivity contribution < 1.29 is 14.3 Å². The van der Waals surface area contributed by atoms with Gasteiger partial charge in [0.15, 0.2) is 0 Å². The van der Waals surface area contributed by atoms with Crippen molar-refractivity contribution in [1.82, 2.24) is 5.32 Å². The van der Waals surface area contributed by atoms with Crippen LogP contribution in [-0.4, -0.2) is 31.3 Å². The summed E-state index contributed by atoms with van der Waals surface area (Å²) in [6, 6.07) is 9.95. The SMILES string of the molecule is C=CCOC[C@]12C[C@@H](C(=O)OCc3ccccc3)N[C@H]1C2. The van der Waals surface area contributed by atoms with Gasteiger partial charge in [0.25, 0.3) is 0 Å². The first-order chi connectivity index (χ1) is 10.2. The summed E-state index contributed by atoms with van der Waals surface area (Å²) >= 11 is 0. The van der Waals surface area contributed by atoms with Gasteiger partial charge >= 0.3 is 5.97 Å². The number of carbonyl (C=O) groups is 1. The number of nitrogens with one attached hydrogen (secondary N) is 1. The Balaban J connectivity index is 1.46. The summed E-state index contributed by atoms with van der Waals surface area (Å²) < 4.78 is 11.0. The Morgan fingerprint density at radius 3 is 2.95 bits per heavy atom. The molecule has 1 saturated carbocycles. The van der Waals surface area contributed by atoms with Crippen molar-refractivity contribution in [3.63, 3.8) is 0 Å². The summed E-state index contributed by atoms with van der Waals surface area (Å²) in [6.07, 6.45) is 3.65. The summed E-state index contributed by atoms with van der Waals surface area (Å²) in [4.78, 5) is 12.1. The smallest absolute Gasteiger partial charge is 0.323 e. The first-order valence-electron chi connectivity index (χ1n) is 7.39. The van der Waals surface area contributed by atoms with Crippen LogP contribution in [0.3, 0.4) is 0 Å². The number of benzene rings is 1. The number of ether oxygens (including phenoxy) is 2. The topological polar surface area (TPSA) is 47.6 Å². The Bertz CT molecular complexity index is 516. The lowest BCUT2D eigenvalue weighted by atomic mass is 10.0. The first-order valence-corrected chi connectivity index (χ1v) is 7.39. The number of esters is 1. The molecule has 4 heteroatoms. The number of hydrogen-bond acceptors (Lipinski definition) is 4. The van der Waals surface area contributed by atoms with Gasteiger partial charge in [0.1, 0.15) is 12.6 Å². The van der Waals surface area contributed by atoms with Gasteiger partial charge in [0.2, 0.25) is 0 Å². The summed E-state index contributed by atoms with van der Waals surface area (Å²) in [7, 11) is 0. The maximum absolute atomic E-state index is 12.1. The Morgan fingerprint density at radius 1 is 1.38 bits per heavy atom. The largest absolute Gasteiger partial charge is 0.460 e. The Morgan fingerprint density at radius 2 is 2.19 bits per heavy atom. The van der Waals surface area contributed by atoms with Gasteiger partial charge in [-0.25, -0.2) is 0 Å². The Hall–Kier alpha value is -1.65. The van der Waals surface area contributed by atoms with Crippen LogP contribution in [0.1, 0.15) is 18.4 Å². The summed E-state index contributed by atoms with van der Waals surface area (Å²) in [5, 5.41) is 3.35. The second-order valence-electron chi connectivity index (χ2n) is 5.94. The van der Waals surface area contributed by atoms with Gasteiger partial charge in [-0.3, -0.25) is 4.79 Å². The Kier molecular flexibility index (Phi) is 4.08. The van der Waals surface area contributed by atoms with E-state index in [2.05, 4.69) is 11.9 Å². The van der Waals surface area contributed by atoms with Gasteiger partial charge < -0.3 is 14.8 Å². The average molecular weight is 287 g/mol. The van der Waals surface area contributed by atoms with E-state index >= 15 is 0 Å². The summed E-state index contributed by atoms with van der Waals surface area (Å²) in [6.45, 7) is 5.24. The third-order valence-corrected chi connectivity index (χ3v) is 4.34. The molecule has 1 aromatic rings. The van der Waals surface area contributed by atoms with E-state index in [9.17, 15) is 4.79 Å². The highest BCUT2D eigenvalue weighted by Gasteiger charge is 2.61. The standard InChI is InChI=1S/C17H21NO3/c1-2-8-20-12-17-9-14(18-15(17)10-17)16(19)21-11-13-6-4-3-5-7-13/h2-7,14-15,18H,1,8-12H2/t14-,15-,17+/m0/s1. The van der Waals surface area contributed by atoms with E-state index < -0.39 is 0 Å². The van der Waals surface area contributed by atoms with E-state index in [1.807, 2.05) is 30.3 Å². The number of carbonyl (C=O) groups excluding carboxylic acids is 1. The zero-order valence-corrected chi connectivity index (χ0v) is 12.1. The van der Waals surface area contributed by atoms with Crippen molar-refractivity contribution in [3.8, 4) is 0 Å². The molecule has 21 heavy (non-hydrogen) atoms. The van der Waals surface area contributed by atoms with Crippen molar-refractivity contribution in [3.05, 3.63) is 48.6 Å². The van der Waals surface area contributed by atoms with E-state index in [0.29, 0.717) is 25.9 Å². The lowest BCUT2D eigenvalue weighted by Gasteiger charge is -2.15. The fraction of sp³-hybridized carbons (Fsp3) is 0.471. The van der Waals surface area contributed by atoms with Crippen LogP contribution >= 0.6 is 0 Å². The zero-order chi connectivity index (χ0) is 14.7. The van der Waals surface area contributed by atoms with E-state index in [1.165, 1.54) is 0 Å². The maximum Gasteiger partial charge on any atom is 0.323 e. The molecule has 0 unspecified atom stereocenters. The van der Waals surface area contributed by atoms with Crippen molar-refractivity contribution in [2.45, 2.75) is 31.5 Å². The monoisotopic (exact) mass is 287 g/mol. The predicted octanol–water partition coefficient (Wildman–Crippen LogP) is 2.05. The third kappa shape index (κ3) is 3.17. The highest BCUT2D eigenvalue weighted by molar-refractivity contribution is 5.77. The van der Waals surface area contributed by atoms with E-state index in [4.69, 9.17) is 9.47 Å². The third-order valence-electron chi connectivity index (χ3n) is 4.34. The second kappa shape index (κ2) is 6.00. The van der Waals surface area contributed by atoms with Gasteiger partial charge in [-0.1, -0.05) is 36.4 Å². The normalized spacial score (nSPS) is 29.7. The lowest BCUT2D eigenvalue weighted by Crippen LogP contribution is -2.35. The lowest BCUT2D eigenvalue weighted by molar-refractivity contribution is -0.147. The fourth-order valence-electron chi connectivity index (χ4n) is 3.06. The molecule has 1 aliphatic heterocycles. The highest BCUT2D eigenvalue weighted by Crippen LogP contribution is 2.54. The van der Waals surface area contributed by atoms with E-state index in [0.717, 1.165) is 18.4 Å². The number of piperidine rings is 1. The number of hydrogen-bond donors (Lipinski definition) is 1. The molecule has 0 radical (unpaired) electrons. The minimum atomic E-state index is -0.195. The van der Waals surface area contributed by atoms with Crippen molar-refractivity contribution in [2.24, 2.45) is 5.41 Å². The highest BCUT2D eigenvalue weighted by atomic mass is 16.5. The molecule has 3 atom stereocenters. The van der Waals surface area contributed by atoms with Gasteiger partial charge in [-0.05, 0) is 18.4 Å². The molecule has 1 N–H and O–H groups in total. The molecular formula is C17H21NO3. The second-order valence-corrected chi connectivity index (χ2v) is 5.94. The number of fused-ring (bicyclic) bond motifs is 1. The van der Waals surface area contributed by atoms with Crippen molar-refractivity contribution in [1.29, 1.82) is 0 Å². The van der Waals surface area contributed by atoms with Crippen LogP contribution < -0.4 is 5.32 Å². The number of rotatable bonds is 7. The van der Waals surface area contributed by atoms with E-state index in [1.54, 1.807) is 6.08 Å². The zero-order valence-electron chi connectivity index (χ0n) is 12.1. The van der Waals surface area contributed by atoms with Crippen LogP contribution in [0, 0.1) is 5.41 Å². The first kappa shape index (κ1) is 14.3. The molecule has 0 spiro atoms. The predicted molar refractivity (Wildman–Crippen MR) is 79.6 cm³/mol. The molecule has 0 bridgehead atoms. The molecule has 0 aromatic heterocycles. The summed E-state index contributed by atoms with van der Waals surface area (Å²) in [5.74, 6) is -0.158. The molecule has 1 aromatic carbocycles. The fourth-order valence-corrected chi connectivity index (χ4v) is 3.06. The molecule has 112 valence electrons. The Labute approximate surface area is 125 Å². The van der Waals surface area contributed by atoms with Gasteiger partial charge in [-0.2, -0.15) is 0 Å². The summed E-state index contributed by atoms with van der Waals surface area (Å²) in [5.41, 5.74) is 1.15.